The standard InChI is InChI=1S/C19H16N4O2/c24-18(12-23-13-22-15-6-1-2-7-16(15)23)21-11-14-5-3-9-20-19(14)17-8-4-10-25-17/h1-10,13H,11-12H2,(H,21,24). The molecule has 0 radical (unpaired) electrons. The van der Waals surface area contributed by atoms with Crippen LogP contribution in [0.15, 0.2) is 71.7 Å². The zero-order chi connectivity index (χ0) is 17.1. The summed E-state index contributed by atoms with van der Waals surface area (Å²) < 4.78 is 7.25. The predicted molar refractivity (Wildman–Crippen MR) is 93.5 cm³/mol. The molecular weight excluding hydrogens is 316 g/mol. The zero-order valence-corrected chi connectivity index (χ0v) is 13.4. The third-order valence-corrected chi connectivity index (χ3v) is 3.96. The number of hydrogen-bond acceptors (Lipinski definition) is 4. The van der Waals surface area contributed by atoms with E-state index in [9.17, 15) is 4.79 Å². The molecule has 0 aliphatic heterocycles. The van der Waals surface area contributed by atoms with Crippen molar-refractivity contribution in [3.8, 4) is 11.5 Å². The minimum Gasteiger partial charge on any atom is -0.463 e. The second-order valence-electron chi connectivity index (χ2n) is 5.63. The highest BCUT2D eigenvalue weighted by Crippen LogP contribution is 2.21. The highest BCUT2D eigenvalue weighted by molar-refractivity contribution is 5.80. The molecule has 0 atom stereocenters. The largest absolute Gasteiger partial charge is 0.463 e. The van der Waals surface area contributed by atoms with Gasteiger partial charge < -0.3 is 14.3 Å². The second-order valence-corrected chi connectivity index (χ2v) is 5.63. The fourth-order valence-corrected chi connectivity index (χ4v) is 2.76. The third-order valence-electron chi connectivity index (χ3n) is 3.96. The number of carbonyl (C=O) groups excluding carboxylic acids is 1. The summed E-state index contributed by atoms with van der Waals surface area (Å²) in [6.45, 7) is 0.603. The van der Waals surface area contributed by atoms with Crippen molar-refractivity contribution in [3.05, 3.63) is 72.9 Å². The maximum absolute atomic E-state index is 12.3. The lowest BCUT2D eigenvalue weighted by Gasteiger charge is -2.09. The van der Waals surface area contributed by atoms with Gasteiger partial charge >= 0.3 is 0 Å². The lowest BCUT2D eigenvalue weighted by molar-refractivity contribution is -0.121. The third kappa shape index (κ3) is 3.14. The molecule has 0 bridgehead atoms. The minimum absolute atomic E-state index is 0.0857. The van der Waals surface area contributed by atoms with Crippen molar-refractivity contribution in [2.24, 2.45) is 0 Å². The Labute approximate surface area is 144 Å². The van der Waals surface area contributed by atoms with E-state index >= 15 is 0 Å². The fraction of sp³-hybridized carbons (Fsp3) is 0.105. The maximum Gasteiger partial charge on any atom is 0.240 e. The van der Waals surface area contributed by atoms with E-state index in [1.165, 1.54) is 0 Å². The SMILES string of the molecule is O=C(Cn1cnc2ccccc21)NCc1cccnc1-c1ccco1. The van der Waals surface area contributed by atoms with Crippen molar-refractivity contribution in [3.63, 3.8) is 0 Å². The number of imidazole rings is 1. The first-order valence-corrected chi connectivity index (χ1v) is 7.95. The number of benzene rings is 1. The number of aromatic nitrogens is 3. The van der Waals surface area contributed by atoms with Crippen molar-refractivity contribution >= 4 is 16.9 Å². The molecule has 1 N–H and O–H groups in total. The number of carbonyl (C=O) groups is 1. The van der Waals surface area contributed by atoms with E-state index in [0.717, 1.165) is 22.3 Å². The van der Waals surface area contributed by atoms with Crippen LogP contribution in [0.4, 0.5) is 0 Å². The molecule has 0 aliphatic rings. The summed E-state index contributed by atoms with van der Waals surface area (Å²) in [4.78, 5) is 21.0. The summed E-state index contributed by atoms with van der Waals surface area (Å²) >= 11 is 0. The van der Waals surface area contributed by atoms with Crippen LogP contribution in [0.1, 0.15) is 5.56 Å². The number of pyridine rings is 1. The molecule has 4 aromatic rings. The lowest BCUT2D eigenvalue weighted by atomic mass is 10.1. The molecule has 124 valence electrons. The lowest BCUT2D eigenvalue weighted by Crippen LogP contribution is -2.27. The number of rotatable bonds is 5. The van der Waals surface area contributed by atoms with Gasteiger partial charge in [-0.05, 0) is 30.3 Å². The van der Waals surface area contributed by atoms with E-state index in [1.807, 2.05) is 53.1 Å². The van der Waals surface area contributed by atoms with E-state index in [-0.39, 0.29) is 12.5 Å². The molecule has 0 saturated heterocycles. The molecule has 25 heavy (non-hydrogen) atoms. The zero-order valence-electron chi connectivity index (χ0n) is 13.4. The normalized spacial score (nSPS) is 10.9. The van der Waals surface area contributed by atoms with Crippen LogP contribution in [-0.4, -0.2) is 20.4 Å². The first kappa shape index (κ1) is 15.1. The van der Waals surface area contributed by atoms with Gasteiger partial charge in [-0.25, -0.2) is 4.98 Å². The monoisotopic (exact) mass is 332 g/mol. The molecule has 0 saturated carbocycles. The Morgan fingerprint density at radius 3 is 2.88 bits per heavy atom. The Hall–Kier alpha value is -3.41. The molecule has 0 aliphatic carbocycles. The summed E-state index contributed by atoms with van der Waals surface area (Å²) in [6.07, 6.45) is 5.00. The van der Waals surface area contributed by atoms with Gasteiger partial charge in [-0.3, -0.25) is 9.78 Å². The van der Waals surface area contributed by atoms with Gasteiger partial charge in [0, 0.05) is 18.3 Å². The van der Waals surface area contributed by atoms with Crippen LogP contribution in [0.5, 0.6) is 0 Å². The first-order chi connectivity index (χ1) is 12.3. The van der Waals surface area contributed by atoms with Crippen molar-refractivity contribution in [2.75, 3.05) is 0 Å². The van der Waals surface area contributed by atoms with Gasteiger partial charge in [-0.1, -0.05) is 18.2 Å². The first-order valence-electron chi connectivity index (χ1n) is 7.95. The van der Waals surface area contributed by atoms with Crippen LogP contribution in [-0.2, 0) is 17.9 Å². The highest BCUT2D eigenvalue weighted by atomic mass is 16.3. The number of nitrogens with one attached hydrogen (secondary N) is 1. The van der Waals surface area contributed by atoms with E-state index in [2.05, 4.69) is 15.3 Å². The molecule has 3 heterocycles. The molecular formula is C19H16N4O2. The summed E-state index contributed by atoms with van der Waals surface area (Å²) in [5.74, 6) is 0.600. The number of fused-ring (bicyclic) bond motifs is 1. The molecule has 0 spiro atoms. The van der Waals surface area contributed by atoms with Crippen molar-refractivity contribution in [1.82, 2.24) is 19.9 Å². The van der Waals surface area contributed by atoms with Crippen LogP contribution < -0.4 is 5.32 Å². The Bertz CT molecular complexity index is 1010. The van der Waals surface area contributed by atoms with Crippen LogP contribution in [0.3, 0.4) is 0 Å². The molecule has 0 fully saturated rings. The molecule has 3 aromatic heterocycles. The number of amides is 1. The van der Waals surface area contributed by atoms with E-state index in [0.29, 0.717) is 12.3 Å². The summed E-state index contributed by atoms with van der Waals surface area (Å²) in [5.41, 5.74) is 3.46. The number of furan rings is 1. The van der Waals surface area contributed by atoms with Gasteiger partial charge in [0.2, 0.25) is 5.91 Å². The van der Waals surface area contributed by atoms with E-state index in [1.54, 1.807) is 18.8 Å². The van der Waals surface area contributed by atoms with Gasteiger partial charge in [-0.2, -0.15) is 0 Å². The average Bonchev–Trinajstić information content (AvgIpc) is 3.31. The Morgan fingerprint density at radius 1 is 1.08 bits per heavy atom. The van der Waals surface area contributed by atoms with Crippen LogP contribution in [0.2, 0.25) is 0 Å². The number of hydrogen-bond donors (Lipinski definition) is 1. The van der Waals surface area contributed by atoms with E-state index < -0.39 is 0 Å². The van der Waals surface area contributed by atoms with Crippen LogP contribution in [0, 0.1) is 0 Å². The smallest absolute Gasteiger partial charge is 0.240 e. The minimum atomic E-state index is -0.0857. The summed E-state index contributed by atoms with van der Waals surface area (Å²) in [7, 11) is 0. The van der Waals surface area contributed by atoms with Gasteiger partial charge in [0.25, 0.3) is 0 Å². The predicted octanol–water partition coefficient (Wildman–Crippen LogP) is 3.01. The summed E-state index contributed by atoms with van der Waals surface area (Å²) in [6, 6.07) is 15.2. The molecule has 6 heteroatoms. The Kier molecular flexibility index (Phi) is 4.00. The second kappa shape index (κ2) is 6.60. The average molecular weight is 332 g/mol. The Balaban J connectivity index is 1.46. The van der Waals surface area contributed by atoms with Crippen LogP contribution >= 0.6 is 0 Å². The van der Waals surface area contributed by atoms with Gasteiger partial charge in [0.05, 0.1) is 23.6 Å². The Morgan fingerprint density at radius 2 is 2.00 bits per heavy atom. The molecule has 0 unspecified atom stereocenters. The molecule has 1 aromatic carbocycles. The quantitative estimate of drug-likeness (QED) is 0.610. The number of para-hydroxylation sites is 2. The van der Waals surface area contributed by atoms with Crippen LogP contribution in [0.25, 0.3) is 22.5 Å². The van der Waals surface area contributed by atoms with Gasteiger partial charge in [0.1, 0.15) is 12.2 Å². The van der Waals surface area contributed by atoms with Gasteiger partial charge in [0.15, 0.2) is 5.76 Å². The maximum atomic E-state index is 12.3. The highest BCUT2D eigenvalue weighted by Gasteiger charge is 2.11. The molecule has 6 nitrogen and oxygen atoms in total. The van der Waals surface area contributed by atoms with Crippen molar-refractivity contribution < 1.29 is 9.21 Å². The summed E-state index contributed by atoms with van der Waals surface area (Å²) in [5, 5.41) is 2.94. The topological polar surface area (TPSA) is 73.0 Å². The van der Waals surface area contributed by atoms with Gasteiger partial charge in [-0.15, -0.1) is 0 Å². The molecule has 4 rings (SSSR count). The number of nitrogens with zero attached hydrogens (tertiary/aromatic N) is 3. The van der Waals surface area contributed by atoms with Crippen molar-refractivity contribution in [1.29, 1.82) is 0 Å². The van der Waals surface area contributed by atoms with Crippen molar-refractivity contribution in [2.45, 2.75) is 13.1 Å². The van der Waals surface area contributed by atoms with E-state index in [4.69, 9.17) is 4.42 Å². The molecule has 1 amide bonds. The fourth-order valence-electron chi connectivity index (χ4n) is 2.76.